The summed E-state index contributed by atoms with van der Waals surface area (Å²) in [4.78, 5) is 43.3. The van der Waals surface area contributed by atoms with E-state index in [-0.39, 0.29) is 17.7 Å². The standard InChI is InChI=1S/C26H33N5O3/c1-15(2)13-28-23-10-17(4-8-22(23)25(27)33)26(34)30-19-11-20-6-7-21(12-19)31(20)24-9-5-18(14-29-24)16(3)32/h4-5,8-10,14-15,19-21,28H,6-7,11-13H2,1-3H3,(H2,27,33)(H,30,34). The Kier molecular flexibility index (Phi) is 6.86. The van der Waals surface area contributed by atoms with Gasteiger partial charge in [0.2, 0.25) is 0 Å². The van der Waals surface area contributed by atoms with Crippen LogP contribution in [0, 0.1) is 5.92 Å². The molecule has 2 bridgehead atoms. The Morgan fingerprint density at radius 1 is 1.09 bits per heavy atom. The Labute approximate surface area is 200 Å². The second-order valence-corrected chi connectivity index (χ2v) is 9.79. The normalized spacial score (nSPS) is 21.4. The number of piperidine rings is 1. The fourth-order valence-electron chi connectivity index (χ4n) is 5.05. The molecule has 2 aromatic rings. The molecule has 8 heteroatoms. The summed E-state index contributed by atoms with van der Waals surface area (Å²) in [6.07, 6.45) is 5.45. The maximum absolute atomic E-state index is 13.1. The largest absolute Gasteiger partial charge is 0.384 e. The van der Waals surface area contributed by atoms with Gasteiger partial charge in [0.15, 0.2) is 5.78 Å². The lowest BCUT2D eigenvalue weighted by atomic mass is 9.96. The second kappa shape index (κ2) is 9.83. The molecule has 2 saturated heterocycles. The van der Waals surface area contributed by atoms with Crippen molar-refractivity contribution in [3.8, 4) is 0 Å². The van der Waals surface area contributed by atoms with Crippen molar-refractivity contribution in [3.05, 3.63) is 53.2 Å². The number of anilines is 2. The monoisotopic (exact) mass is 463 g/mol. The molecule has 34 heavy (non-hydrogen) atoms. The van der Waals surface area contributed by atoms with E-state index in [1.54, 1.807) is 31.3 Å². The number of aromatic nitrogens is 1. The number of carbonyl (C=O) groups excluding carboxylic acids is 3. The second-order valence-electron chi connectivity index (χ2n) is 9.79. The van der Waals surface area contributed by atoms with Gasteiger partial charge < -0.3 is 21.3 Å². The first kappa shape index (κ1) is 23.7. The molecular weight excluding hydrogens is 430 g/mol. The van der Waals surface area contributed by atoms with Crippen molar-refractivity contribution in [2.75, 3.05) is 16.8 Å². The van der Waals surface area contributed by atoms with E-state index in [4.69, 9.17) is 5.73 Å². The zero-order valence-corrected chi connectivity index (χ0v) is 20.0. The zero-order chi connectivity index (χ0) is 24.4. The van der Waals surface area contributed by atoms with Crippen LogP contribution in [0.3, 0.4) is 0 Å². The fourth-order valence-corrected chi connectivity index (χ4v) is 5.05. The first-order chi connectivity index (χ1) is 16.2. The highest BCUT2D eigenvalue weighted by Crippen LogP contribution is 2.38. The molecule has 2 unspecified atom stereocenters. The molecule has 2 atom stereocenters. The van der Waals surface area contributed by atoms with Crippen molar-refractivity contribution in [3.63, 3.8) is 0 Å². The van der Waals surface area contributed by atoms with Crippen LogP contribution in [0.4, 0.5) is 11.5 Å². The molecule has 4 rings (SSSR count). The van der Waals surface area contributed by atoms with Crippen molar-refractivity contribution in [2.24, 2.45) is 11.7 Å². The van der Waals surface area contributed by atoms with E-state index in [1.165, 1.54) is 0 Å². The molecule has 2 amide bonds. The summed E-state index contributed by atoms with van der Waals surface area (Å²) < 4.78 is 0. The number of benzene rings is 1. The van der Waals surface area contributed by atoms with Crippen LogP contribution < -0.4 is 21.3 Å². The van der Waals surface area contributed by atoms with Gasteiger partial charge >= 0.3 is 0 Å². The van der Waals surface area contributed by atoms with Gasteiger partial charge in [-0.05, 0) is 68.9 Å². The zero-order valence-electron chi connectivity index (χ0n) is 20.0. The van der Waals surface area contributed by atoms with Gasteiger partial charge in [-0.1, -0.05) is 13.8 Å². The Morgan fingerprint density at radius 2 is 1.76 bits per heavy atom. The van der Waals surface area contributed by atoms with Crippen LogP contribution in [-0.2, 0) is 0 Å². The molecule has 2 fully saturated rings. The number of nitrogens with one attached hydrogen (secondary N) is 2. The van der Waals surface area contributed by atoms with Crippen LogP contribution >= 0.6 is 0 Å². The summed E-state index contributed by atoms with van der Waals surface area (Å²) >= 11 is 0. The van der Waals surface area contributed by atoms with Crippen molar-refractivity contribution < 1.29 is 14.4 Å². The Hall–Kier alpha value is -3.42. The number of carbonyl (C=O) groups is 3. The number of fused-ring (bicyclic) bond motifs is 2. The maximum atomic E-state index is 13.1. The molecule has 3 heterocycles. The molecule has 180 valence electrons. The average Bonchev–Trinajstić information content (AvgIpc) is 3.07. The summed E-state index contributed by atoms with van der Waals surface area (Å²) in [5.74, 6) is 0.615. The highest BCUT2D eigenvalue weighted by molar-refractivity contribution is 6.02. The predicted molar refractivity (Wildman–Crippen MR) is 132 cm³/mol. The number of Topliss-reactive ketones (excluding diaryl/α,β-unsaturated/α-hetero) is 1. The first-order valence-electron chi connectivity index (χ1n) is 12.0. The highest BCUT2D eigenvalue weighted by Gasteiger charge is 2.41. The number of rotatable bonds is 8. The number of nitrogens with two attached hydrogens (primary N) is 1. The number of nitrogens with zero attached hydrogens (tertiary/aromatic N) is 2. The summed E-state index contributed by atoms with van der Waals surface area (Å²) in [5, 5.41) is 6.43. The number of ketones is 1. The van der Waals surface area contributed by atoms with Crippen LogP contribution in [0.5, 0.6) is 0 Å². The minimum absolute atomic E-state index is 0.00914. The third kappa shape index (κ3) is 5.05. The lowest BCUT2D eigenvalue weighted by Gasteiger charge is -2.40. The number of hydrogen-bond donors (Lipinski definition) is 3. The van der Waals surface area contributed by atoms with Gasteiger partial charge in [-0.15, -0.1) is 0 Å². The van der Waals surface area contributed by atoms with Gasteiger partial charge in [0, 0.05) is 47.7 Å². The Balaban J connectivity index is 1.43. The topological polar surface area (TPSA) is 117 Å². The summed E-state index contributed by atoms with van der Waals surface area (Å²) in [6, 6.07) is 9.41. The lowest BCUT2D eigenvalue weighted by Crippen LogP contribution is -2.50. The summed E-state index contributed by atoms with van der Waals surface area (Å²) in [5.41, 5.74) is 7.60. The first-order valence-corrected chi connectivity index (χ1v) is 12.0. The molecule has 0 aliphatic carbocycles. The molecule has 4 N–H and O–H groups in total. The minimum Gasteiger partial charge on any atom is -0.384 e. The van der Waals surface area contributed by atoms with E-state index < -0.39 is 5.91 Å². The minimum atomic E-state index is -0.521. The number of primary amides is 1. The molecule has 1 aromatic carbocycles. The van der Waals surface area contributed by atoms with Crippen LogP contribution in [0.15, 0.2) is 36.5 Å². The third-order valence-corrected chi connectivity index (χ3v) is 6.74. The van der Waals surface area contributed by atoms with Crippen molar-refractivity contribution in [1.82, 2.24) is 10.3 Å². The van der Waals surface area contributed by atoms with Crippen molar-refractivity contribution >= 4 is 29.1 Å². The summed E-state index contributed by atoms with van der Waals surface area (Å²) in [7, 11) is 0. The number of hydrogen-bond acceptors (Lipinski definition) is 6. The molecule has 0 spiro atoms. The van der Waals surface area contributed by atoms with Crippen LogP contribution in [0.2, 0.25) is 0 Å². The Morgan fingerprint density at radius 3 is 2.32 bits per heavy atom. The van der Waals surface area contributed by atoms with E-state index >= 15 is 0 Å². The van der Waals surface area contributed by atoms with Crippen LogP contribution in [-0.4, -0.2) is 47.3 Å². The third-order valence-electron chi connectivity index (χ3n) is 6.74. The molecule has 0 saturated carbocycles. The fraction of sp³-hybridized carbons (Fsp3) is 0.462. The smallest absolute Gasteiger partial charge is 0.251 e. The molecule has 8 nitrogen and oxygen atoms in total. The molecular formula is C26H33N5O3. The van der Waals surface area contributed by atoms with Crippen molar-refractivity contribution in [1.29, 1.82) is 0 Å². The van der Waals surface area contributed by atoms with Gasteiger partial charge in [-0.25, -0.2) is 4.98 Å². The molecule has 2 aliphatic heterocycles. The van der Waals surface area contributed by atoms with Crippen molar-refractivity contribution in [2.45, 2.75) is 64.6 Å². The van der Waals surface area contributed by atoms with Gasteiger partial charge in [0.1, 0.15) is 5.82 Å². The number of amides is 2. The quantitative estimate of drug-likeness (QED) is 0.517. The Bertz CT molecular complexity index is 1070. The van der Waals surface area contributed by atoms with Gasteiger partial charge in [-0.2, -0.15) is 0 Å². The predicted octanol–water partition coefficient (Wildman–Crippen LogP) is 3.38. The SMILES string of the molecule is CC(=O)c1ccc(N2C3CCC2CC(NC(=O)c2ccc(C(N)=O)c(NCC(C)C)c2)C3)nc1. The van der Waals surface area contributed by atoms with E-state index in [2.05, 4.69) is 34.4 Å². The van der Waals surface area contributed by atoms with E-state index in [0.717, 1.165) is 31.5 Å². The molecule has 0 radical (unpaired) electrons. The van der Waals surface area contributed by atoms with Crippen LogP contribution in [0.1, 0.15) is 77.5 Å². The average molecular weight is 464 g/mol. The highest BCUT2D eigenvalue weighted by atomic mass is 16.2. The lowest BCUT2D eigenvalue weighted by molar-refractivity contribution is 0.0924. The molecule has 2 aliphatic rings. The summed E-state index contributed by atoms with van der Waals surface area (Å²) in [6.45, 7) is 6.36. The number of pyridine rings is 1. The van der Waals surface area contributed by atoms with Gasteiger partial charge in [0.05, 0.1) is 5.56 Å². The molecule has 1 aromatic heterocycles. The van der Waals surface area contributed by atoms with Gasteiger partial charge in [0.25, 0.3) is 11.8 Å². The van der Waals surface area contributed by atoms with Gasteiger partial charge in [-0.3, -0.25) is 14.4 Å². The van der Waals surface area contributed by atoms with E-state index in [0.29, 0.717) is 46.9 Å². The van der Waals surface area contributed by atoms with E-state index in [1.807, 2.05) is 12.1 Å². The maximum Gasteiger partial charge on any atom is 0.251 e. The van der Waals surface area contributed by atoms with E-state index in [9.17, 15) is 14.4 Å². The van der Waals surface area contributed by atoms with Crippen LogP contribution in [0.25, 0.3) is 0 Å².